The van der Waals surface area contributed by atoms with Crippen molar-refractivity contribution >= 4 is 34.8 Å². The second kappa shape index (κ2) is 9.67. The number of carbonyl (C=O) groups excluding carboxylic acids is 3. The van der Waals surface area contributed by atoms with Gasteiger partial charge in [0.15, 0.2) is 24.2 Å². The summed E-state index contributed by atoms with van der Waals surface area (Å²) in [4.78, 5) is 40.4. The maximum absolute atomic E-state index is 13.0. The highest BCUT2D eigenvalue weighted by atomic mass is 32.1. The summed E-state index contributed by atoms with van der Waals surface area (Å²) in [6.45, 7) is 0.553. The van der Waals surface area contributed by atoms with E-state index in [1.165, 1.54) is 23.3 Å². The SMILES string of the molecule is CNC(=O)C1CN(C(=O)COC(=O)c2ccc(-c3ccc4c(c3)OCCO4)s2)c2ccccc2O1. The van der Waals surface area contributed by atoms with Gasteiger partial charge in [0.25, 0.3) is 11.8 Å². The Hall–Kier alpha value is -4.05. The summed E-state index contributed by atoms with van der Waals surface area (Å²) in [5.74, 6) is 0.368. The van der Waals surface area contributed by atoms with Crippen molar-refractivity contribution in [3.63, 3.8) is 0 Å². The zero-order chi connectivity index (χ0) is 24.4. The number of likely N-dealkylation sites (N-methyl/N-ethyl adjacent to an activating group) is 1. The average Bonchev–Trinajstić information content (AvgIpc) is 3.40. The molecule has 1 N–H and O–H groups in total. The van der Waals surface area contributed by atoms with Crippen molar-refractivity contribution in [3.05, 3.63) is 59.5 Å². The molecule has 1 unspecified atom stereocenters. The van der Waals surface area contributed by atoms with Crippen LogP contribution in [0, 0.1) is 0 Å². The van der Waals surface area contributed by atoms with Crippen LogP contribution in [0.25, 0.3) is 10.4 Å². The Morgan fingerprint density at radius 3 is 2.66 bits per heavy atom. The molecule has 2 aromatic carbocycles. The summed E-state index contributed by atoms with van der Waals surface area (Å²) in [5, 5.41) is 2.53. The number of para-hydroxylation sites is 2. The van der Waals surface area contributed by atoms with Crippen molar-refractivity contribution < 1.29 is 33.3 Å². The molecule has 35 heavy (non-hydrogen) atoms. The Morgan fingerprint density at radius 2 is 1.83 bits per heavy atom. The van der Waals surface area contributed by atoms with Gasteiger partial charge in [0.05, 0.1) is 12.2 Å². The van der Waals surface area contributed by atoms with E-state index in [1.54, 1.807) is 30.3 Å². The zero-order valence-electron chi connectivity index (χ0n) is 18.8. The number of anilines is 1. The molecule has 0 spiro atoms. The summed E-state index contributed by atoms with van der Waals surface area (Å²) >= 11 is 1.26. The quantitative estimate of drug-likeness (QED) is 0.544. The van der Waals surface area contributed by atoms with E-state index in [2.05, 4.69) is 5.32 Å². The van der Waals surface area contributed by atoms with E-state index in [1.807, 2.05) is 24.3 Å². The lowest BCUT2D eigenvalue weighted by Crippen LogP contribution is -2.51. The molecule has 1 atom stereocenters. The first-order valence-corrected chi connectivity index (χ1v) is 11.8. The summed E-state index contributed by atoms with van der Waals surface area (Å²) in [6, 6.07) is 16.0. The fraction of sp³-hybridized carbons (Fsp3) is 0.240. The highest BCUT2D eigenvalue weighted by molar-refractivity contribution is 7.17. The largest absolute Gasteiger partial charge is 0.486 e. The third-order valence-electron chi connectivity index (χ3n) is 5.57. The van der Waals surface area contributed by atoms with Gasteiger partial charge >= 0.3 is 5.97 Å². The minimum Gasteiger partial charge on any atom is -0.486 e. The number of nitrogens with one attached hydrogen (secondary N) is 1. The maximum atomic E-state index is 13.0. The van der Waals surface area contributed by atoms with E-state index < -0.39 is 24.6 Å². The van der Waals surface area contributed by atoms with Crippen LogP contribution < -0.4 is 24.4 Å². The van der Waals surface area contributed by atoms with Crippen molar-refractivity contribution in [3.8, 4) is 27.7 Å². The molecule has 3 aromatic rings. The Kier molecular flexibility index (Phi) is 6.28. The minimum absolute atomic E-state index is 0.0142. The summed E-state index contributed by atoms with van der Waals surface area (Å²) in [7, 11) is 1.50. The van der Waals surface area contributed by atoms with Crippen LogP contribution in [0.2, 0.25) is 0 Å². The Bertz CT molecular complexity index is 1290. The zero-order valence-corrected chi connectivity index (χ0v) is 19.6. The normalized spacial score (nSPS) is 16.0. The number of rotatable bonds is 5. The second-order valence-electron chi connectivity index (χ2n) is 7.79. The first kappa shape index (κ1) is 22.7. The monoisotopic (exact) mass is 494 g/mol. The number of ether oxygens (including phenoxy) is 4. The van der Waals surface area contributed by atoms with Gasteiger partial charge in [0.2, 0.25) is 0 Å². The summed E-state index contributed by atoms with van der Waals surface area (Å²) < 4.78 is 22.2. The summed E-state index contributed by atoms with van der Waals surface area (Å²) in [6.07, 6.45) is -0.861. The molecule has 3 heterocycles. The minimum atomic E-state index is -0.861. The van der Waals surface area contributed by atoms with Crippen LogP contribution in [-0.4, -0.2) is 57.3 Å². The van der Waals surface area contributed by atoms with E-state index >= 15 is 0 Å². The number of fused-ring (bicyclic) bond motifs is 2. The number of thiophene rings is 1. The number of amides is 2. The average molecular weight is 495 g/mol. The molecule has 0 radical (unpaired) electrons. The molecule has 5 rings (SSSR count). The van der Waals surface area contributed by atoms with Crippen molar-refractivity contribution in [2.24, 2.45) is 0 Å². The van der Waals surface area contributed by atoms with Gasteiger partial charge in [-0.2, -0.15) is 0 Å². The molecule has 10 heteroatoms. The molecular formula is C25H22N2O7S. The van der Waals surface area contributed by atoms with Crippen molar-refractivity contribution in [2.75, 3.05) is 38.3 Å². The van der Waals surface area contributed by atoms with Crippen molar-refractivity contribution in [2.45, 2.75) is 6.10 Å². The molecule has 9 nitrogen and oxygen atoms in total. The fourth-order valence-electron chi connectivity index (χ4n) is 3.84. The van der Waals surface area contributed by atoms with Gasteiger partial charge < -0.3 is 29.2 Å². The summed E-state index contributed by atoms with van der Waals surface area (Å²) in [5.41, 5.74) is 1.41. The lowest BCUT2D eigenvalue weighted by Gasteiger charge is -2.33. The van der Waals surface area contributed by atoms with Gasteiger partial charge in [-0.15, -0.1) is 11.3 Å². The smallest absolute Gasteiger partial charge is 0.348 e. The van der Waals surface area contributed by atoms with Gasteiger partial charge in [0, 0.05) is 11.9 Å². The number of esters is 1. The van der Waals surface area contributed by atoms with Crippen LogP contribution in [0.1, 0.15) is 9.67 Å². The molecule has 1 aromatic heterocycles. The standard InChI is InChI=1S/C25H22N2O7S/c1-26-24(29)20-13-27(16-4-2-3-5-17(16)34-20)23(28)14-33-25(30)22-9-8-21(35-22)15-6-7-18-19(12-15)32-11-10-31-18/h2-9,12,20H,10-11,13-14H2,1H3,(H,26,29). The second-order valence-corrected chi connectivity index (χ2v) is 8.88. The van der Waals surface area contributed by atoms with Crippen LogP contribution in [-0.2, 0) is 14.3 Å². The Balaban J connectivity index is 1.26. The van der Waals surface area contributed by atoms with Gasteiger partial charge in [-0.25, -0.2) is 4.79 Å². The third-order valence-corrected chi connectivity index (χ3v) is 6.69. The molecule has 0 saturated carbocycles. The predicted octanol–water partition coefficient (Wildman–Crippen LogP) is 2.88. The van der Waals surface area contributed by atoms with E-state index in [-0.39, 0.29) is 12.5 Å². The lowest BCUT2D eigenvalue weighted by molar-refractivity contribution is -0.128. The number of nitrogens with zero attached hydrogens (tertiary/aromatic N) is 1. The highest BCUT2D eigenvalue weighted by Gasteiger charge is 2.33. The molecule has 2 aliphatic heterocycles. The van der Waals surface area contributed by atoms with Gasteiger partial charge in [-0.1, -0.05) is 12.1 Å². The van der Waals surface area contributed by atoms with E-state index in [4.69, 9.17) is 18.9 Å². The van der Waals surface area contributed by atoms with Crippen LogP contribution in [0.4, 0.5) is 5.69 Å². The molecule has 180 valence electrons. The predicted molar refractivity (Wildman–Crippen MR) is 128 cm³/mol. The molecule has 0 fully saturated rings. The van der Waals surface area contributed by atoms with Crippen LogP contribution in [0.15, 0.2) is 54.6 Å². The van der Waals surface area contributed by atoms with E-state index in [0.29, 0.717) is 41.0 Å². The van der Waals surface area contributed by atoms with E-state index in [0.717, 1.165) is 10.4 Å². The molecule has 2 aliphatic rings. The molecule has 0 bridgehead atoms. The topological polar surface area (TPSA) is 103 Å². The first-order chi connectivity index (χ1) is 17.0. The highest BCUT2D eigenvalue weighted by Crippen LogP contribution is 2.37. The number of hydrogen-bond acceptors (Lipinski definition) is 8. The van der Waals surface area contributed by atoms with Crippen LogP contribution >= 0.6 is 11.3 Å². The van der Waals surface area contributed by atoms with Gasteiger partial charge in [0.1, 0.15) is 23.8 Å². The maximum Gasteiger partial charge on any atom is 0.348 e. The molecule has 2 amide bonds. The first-order valence-electron chi connectivity index (χ1n) is 11.0. The molecule has 0 saturated heterocycles. The van der Waals surface area contributed by atoms with Crippen molar-refractivity contribution in [1.29, 1.82) is 0 Å². The van der Waals surface area contributed by atoms with Gasteiger partial charge in [-0.05, 0) is 48.0 Å². The molecule has 0 aliphatic carbocycles. The van der Waals surface area contributed by atoms with E-state index in [9.17, 15) is 14.4 Å². The third kappa shape index (κ3) is 4.65. The van der Waals surface area contributed by atoms with Crippen LogP contribution in [0.5, 0.6) is 17.2 Å². The Morgan fingerprint density at radius 1 is 1.03 bits per heavy atom. The molecular weight excluding hydrogens is 472 g/mol. The van der Waals surface area contributed by atoms with Crippen molar-refractivity contribution in [1.82, 2.24) is 5.32 Å². The lowest BCUT2D eigenvalue weighted by atomic mass is 10.1. The van der Waals surface area contributed by atoms with Gasteiger partial charge in [-0.3, -0.25) is 9.59 Å². The fourth-order valence-corrected chi connectivity index (χ4v) is 4.74. The number of benzene rings is 2. The number of carbonyl (C=O) groups is 3. The Labute approximate surface area is 205 Å². The van der Waals surface area contributed by atoms with Crippen LogP contribution in [0.3, 0.4) is 0 Å². The number of hydrogen-bond donors (Lipinski definition) is 1.